The van der Waals surface area contributed by atoms with E-state index in [2.05, 4.69) is 9.97 Å². The third-order valence-electron chi connectivity index (χ3n) is 3.75. The first-order valence-electron chi connectivity index (χ1n) is 6.44. The molecule has 3 rings (SSSR count). The second-order valence-corrected chi connectivity index (χ2v) is 5.55. The van der Waals surface area contributed by atoms with E-state index in [1.54, 1.807) is 4.90 Å². The molecule has 2 aliphatic heterocycles. The summed E-state index contributed by atoms with van der Waals surface area (Å²) in [5, 5.41) is 29.2. The van der Waals surface area contributed by atoms with Gasteiger partial charge in [-0.2, -0.15) is 0 Å². The van der Waals surface area contributed by atoms with E-state index in [0.717, 1.165) is 0 Å². The maximum atomic E-state index is 10.1. The number of fused-ring (bicyclic) bond motifs is 1. The number of aliphatic hydroxyl groups is 3. The number of nitrogen functional groups attached to an aromatic ring is 1. The van der Waals surface area contributed by atoms with E-state index < -0.39 is 24.5 Å². The van der Waals surface area contributed by atoms with Crippen LogP contribution in [0.3, 0.4) is 0 Å². The molecule has 6 N–H and O–H groups in total. The lowest BCUT2D eigenvalue weighted by Crippen LogP contribution is -2.45. The molecule has 3 heterocycles. The van der Waals surface area contributed by atoms with E-state index in [0.29, 0.717) is 22.8 Å². The second kappa shape index (κ2) is 5.07. The Morgan fingerprint density at radius 3 is 2.81 bits per heavy atom. The summed E-state index contributed by atoms with van der Waals surface area (Å²) in [6, 6.07) is 0. The van der Waals surface area contributed by atoms with Gasteiger partial charge >= 0.3 is 0 Å². The van der Waals surface area contributed by atoms with E-state index in [4.69, 9.17) is 22.7 Å². The molecule has 0 amide bonds. The lowest BCUT2D eigenvalue weighted by atomic mass is 10.1. The molecule has 1 fully saturated rings. The van der Waals surface area contributed by atoms with Crippen molar-refractivity contribution < 1.29 is 20.1 Å². The molecule has 1 aromatic rings. The fourth-order valence-electron chi connectivity index (χ4n) is 2.74. The molecule has 4 unspecified atom stereocenters. The van der Waals surface area contributed by atoms with Crippen LogP contribution in [0.15, 0.2) is 0 Å². The highest BCUT2D eigenvalue weighted by Crippen LogP contribution is 2.38. The maximum Gasteiger partial charge on any atom is 0.200 e. The Bertz CT molecular complexity index is 611. The third-order valence-corrected chi connectivity index (χ3v) is 4.04. The molecule has 1 aromatic heterocycles. The van der Waals surface area contributed by atoms with Crippen molar-refractivity contribution in [2.24, 2.45) is 0 Å². The van der Waals surface area contributed by atoms with Crippen LogP contribution < -0.4 is 15.5 Å². The van der Waals surface area contributed by atoms with Crippen LogP contribution in [0.25, 0.3) is 0 Å². The number of hydrogen-bond donors (Lipinski definition) is 5. The maximum absolute atomic E-state index is 10.1. The van der Waals surface area contributed by atoms with E-state index in [-0.39, 0.29) is 12.6 Å². The van der Waals surface area contributed by atoms with Gasteiger partial charge < -0.3 is 40.6 Å². The highest BCUT2D eigenvalue weighted by molar-refractivity contribution is 7.71. The van der Waals surface area contributed by atoms with Crippen LogP contribution in [0.4, 0.5) is 17.5 Å². The van der Waals surface area contributed by atoms with Gasteiger partial charge in [-0.1, -0.05) is 12.2 Å². The number of H-pyrrole nitrogens is 1. The first kappa shape index (κ1) is 14.5. The number of hydrogen-bond acceptors (Lipinski definition) is 9. The minimum absolute atomic E-state index is 0.158. The van der Waals surface area contributed by atoms with Crippen molar-refractivity contribution in [1.82, 2.24) is 9.97 Å². The summed E-state index contributed by atoms with van der Waals surface area (Å²) in [4.78, 5) is 10.4. The molecule has 21 heavy (non-hydrogen) atoms. The van der Waals surface area contributed by atoms with Crippen LogP contribution in [0.1, 0.15) is 0 Å². The zero-order valence-corrected chi connectivity index (χ0v) is 12.1. The van der Waals surface area contributed by atoms with Crippen molar-refractivity contribution in [3.63, 3.8) is 0 Å². The number of nitrogens with two attached hydrogens (primary N) is 1. The largest absolute Gasteiger partial charge is 0.394 e. The molecule has 10 heteroatoms. The van der Waals surface area contributed by atoms with Crippen LogP contribution in [-0.2, 0) is 4.74 Å². The molecular weight excluding hydrogens is 298 g/mol. The van der Waals surface area contributed by atoms with Crippen LogP contribution in [-0.4, -0.2) is 70.2 Å². The fourth-order valence-corrected chi connectivity index (χ4v) is 3.09. The van der Waals surface area contributed by atoms with Gasteiger partial charge in [0.1, 0.15) is 29.8 Å². The summed E-state index contributed by atoms with van der Waals surface area (Å²) >= 11 is 5.20. The van der Waals surface area contributed by atoms with Gasteiger partial charge in [-0.3, -0.25) is 0 Å². The Morgan fingerprint density at radius 1 is 1.48 bits per heavy atom. The molecule has 1 saturated heterocycles. The van der Waals surface area contributed by atoms with Crippen molar-refractivity contribution in [3.8, 4) is 0 Å². The number of anilines is 3. The molecule has 0 radical (unpaired) electrons. The molecule has 0 saturated carbocycles. The summed E-state index contributed by atoms with van der Waals surface area (Å²) in [5.74, 6) is 0.732. The van der Waals surface area contributed by atoms with Gasteiger partial charge in [-0.05, 0) is 0 Å². The smallest absolute Gasteiger partial charge is 0.200 e. The van der Waals surface area contributed by atoms with Gasteiger partial charge in [0, 0.05) is 7.05 Å². The molecule has 0 spiro atoms. The van der Waals surface area contributed by atoms with Crippen molar-refractivity contribution in [1.29, 1.82) is 0 Å². The quantitative estimate of drug-likeness (QED) is 0.408. The van der Waals surface area contributed by atoms with Gasteiger partial charge in [0.25, 0.3) is 0 Å². The Labute approximate surface area is 125 Å². The summed E-state index contributed by atoms with van der Waals surface area (Å²) in [7, 11) is 1.82. The summed E-state index contributed by atoms with van der Waals surface area (Å²) in [6.07, 6.45) is -3.95. The van der Waals surface area contributed by atoms with Crippen molar-refractivity contribution in [3.05, 3.63) is 4.64 Å². The number of nitrogens with zero attached hydrogens (tertiary/aromatic N) is 3. The van der Waals surface area contributed by atoms with Crippen LogP contribution >= 0.6 is 12.2 Å². The van der Waals surface area contributed by atoms with Gasteiger partial charge in [0.05, 0.1) is 13.3 Å². The number of aliphatic hydroxyl groups excluding tert-OH is 3. The van der Waals surface area contributed by atoms with E-state index in [1.165, 1.54) is 0 Å². The third kappa shape index (κ3) is 2.15. The SMILES string of the molecule is CN1CN(C2OC(CO)C(O)C2O)c2[nH]c(N)nc(=S)c21. The van der Waals surface area contributed by atoms with Gasteiger partial charge in [-0.15, -0.1) is 0 Å². The summed E-state index contributed by atoms with van der Waals surface area (Å²) in [5.41, 5.74) is 6.36. The Balaban J connectivity index is 1.99. The normalized spacial score (nSPS) is 31.8. The average molecular weight is 315 g/mol. The highest BCUT2D eigenvalue weighted by Gasteiger charge is 2.47. The molecule has 0 bridgehead atoms. The van der Waals surface area contributed by atoms with Crippen molar-refractivity contribution in [2.75, 3.05) is 35.9 Å². The molecule has 0 aromatic carbocycles. The second-order valence-electron chi connectivity index (χ2n) is 5.16. The standard InChI is InChI=1S/C11H17N5O4S/c1-15-3-16(8-5(15)9(21)14-11(12)13-8)10-7(19)6(18)4(2-17)20-10/h4,6-7,10,17-19H,2-3H2,1H3,(H3,12,13,14,21). The molecule has 0 aliphatic carbocycles. The molecule has 116 valence electrons. The number of aromatic amines is 1. The minimum atomic E-state index is -1.16. The van der Waals surface area contributed by atoms with E-state index in [1.807, 2.05) is 11.9 Å². The summed E-state index contributed by atoms with van der Waals surface area (Å²) in [6.45, 7) is 0.00690. The molecular formula is C11H17N5O4S. The zero-order valence-electron chi connectivity index (χ0n) is 11.3. The van der Waals surface area contributed by atoms with E-state index in [9.17, 15) is 15.3 Å². The monoisotopic (exact) mass is 315 g/mol. The average Bonchev–Trinajstić information content (AvgIpc) is 2.89. The number of aromatic nitrogens is 2. The number of ether oxygens (including phenoxy) is 1. The predicted molar refractivity (Wildman–Crippen MR) is 77.3 cm³/mol. The van der Waals surface area contributed by atoms with Crippen molar-refractivity contribution in [2.45, 2.75) is 24.5 Å². The first-order valence-corrected chi connectivity index (χ1v) is 6.85. The van der Waals surface area contributed by atoms with Crippen LogP contribution in [0, 0.1) is 4.64 Å². The first-order chi connectivity index (χ1) is 9.93. The van der Waals surface area contributed by atoms with Crippen LogP contribution in [0.2, 0.25) is 0 Å². The van der Waals surface area contributed by atoms with Gasteiger partial charge in [0.2, 0.25) is 0 Å². The molecule has 9 nitrogen and oxygen atoms in total. The predicted octanol–water partition coefficient (Wildman–Crippen LogP) is -1.63. The lowest BCUT2D eigenvalue weighted by molar-refractivity contribution is -0.0221. The van der Waals surface area contributed by atoms with Gasteiger partial charge in [0.15, 0.2) is 16.8 Å². The molecule has 2 aliphatic rings. The zero-order chi connectivity index (χ0) is 15.3. The van der Waals surface area contributed by atoms with E-state index >= 15 is 0 Å². The Hall–Kier alpha value is -1.46. The highest BCUT2D eigenvalue weighted by atomic mass is 32.1. The van der Waals surface area contributed by atoms with Crippen LogP contribution in [0.5, 0.6) is 0 Å². The van der Waals surface area contributed by atoms with Crippen molar-refractivity contribution >= 4 is 29.7 Å². The minimum Gasteiger partial charge on any atom is -0.394 e. The molecule has 4 atom stereocenters. The lowest BCUT2D eigenvalue weighted by Gasteiger charge is -2.28. The topological polar surface area (TPSA) is 131 Å². The van der Waals surface area contributed by atoms with Gasteiger partial charge in [-0.25, -0.2) is 4.98 Å². The number of nitrogens with one attached hydrogen (secondary N) is 1. The number of rotatable bonds is 2. The Morgan fingerprint density at radius 2 is 2.19 bits per heavy atom. The fraction of sp³-hybridized carbons (Fsp3) is 0.636. The summed E-state index contributed by atoms with van der Waals surface area (Å²) < 4.78 is 5.88. The Kier molecular flexibility index (Phi) is 3.50.